The molecule has 0 bridgehead atoms. The number of aliphatic hydroxyl groups is 1. The van der Waals surface area contributed by atoms with Gasteiger partial charge in [0.05, 0.1) is 22.4 Å². The number of carbonyl (C=O) groups excluding carboxylic acids is 2. The number of aromatic nitrogens is 1. The van der Waals surface area contributed by atoms with Crippen LogP contribution in [0.2, 0.25) is 0 Å². The van der Waals surface area contributed by atoms with Gasteiger partial charge in [-0.1, -0.05) is 35.6 Å². The molecule has 0 aliphatic carbocycles. The molecule has 176 valence electrons. The largest absolute Gasteiger partial charge is 0.507 e. The summed E-state index contributed by atoms with van der Waals surface area (Å²) in [6.45, 7) is 4.28. The van der Waals surface area contributed by atoms with Crippen molar-refractivity contribution in [2.75, 3.05) is 11.5 Å². The normalized spacial score (nSPS) is 17.3. The fourth-order valence-electron chi connectivity index (χ4n) is 4.17. The van der Waals surface area contributed by atoms with Crippen LogP contribution >= 0.6 is 11.3 Å². The van der Waals surface area contributed by atoms with Crippen molar-refractivity contribution < 1.29 is 23.8 Å². The highest BCUT2D eigenvalue weighted by molar-refractivity contribution is 7.22. The van der Waals surface area contributed by atoms with Gasteiger partial charge in [0, 0.05) is 11.1 Å². The van der Waals surface area contributed by atoms with E-state index in [4.69, 9.17) is 4.74 Å². The van der Waals surface area contributed by atoms with Crippen molar-refractivity contribution >= 4 is 44.1 Å². The van der Waals surface area contributed by atoms with Gasteiger partial charge in [0.15, 0.2) is 5.13 Å². The van der Waals surface area contributed by atoms with Crippen molar-refractivity contribution in [3.05, 3.63) is 94.8 Å². The van der Waals surface area contributed by atoms with Crippen LogP contribution < -0.4 is 9.64 Å². The van der Waals surface area contributed by atoms with E-state index in [9.17, 15) is 14.7 Å². The van der Waals surface area contributed by atoms with E-state index in [1.165, 1.54) is 34.4 Å². The van der Waals surface area contributed by atoms with E-state index >= 15 is 4.39 Å². The van der Waals surface area contributed by atoms with E-state index in [1.54, 1.807) is 30.3 Å². The number of ether oxygens (including phenoxy) is 1. The molecule has 1 amide bonds. The van der Waals surface area contributed by atoms with E-state index in [0.29, 0.717) is 23.4 Å². The molecule has 35 heavy (non-hydrogen) atoms. The van der Waals surface area contributed by atoms with Crippen LogP contribution in [0.1, 0.15) is 29.7 Å². The fraction of sp³-hybridized carbons (Fsp3) is 0.148. The first-order chi connectivity index (χ1) is 16.9. The van der Waals surface area contributed by atoms with Crippen molar-refractivity contribution in [2.45, 2.75) is 19.9 Å². The van der Waals surface area contributed by atoms with E-state index in [1.807, 2.05) is 32.0 Å². The Morgan fingerprint density at radius 1 is 1.11 bits per heavy atom. The van der Waals surface area contributed by atoms with Crippen molar-refractivity contribution in [1.29, 1.82) is 0 Å². The van der Waals surface area contributed by atoms with E-state index in [-0.39, 0.29) is 22.0 Å². The molecular formula is C27H21FN2O4S. The first kappa shape index (κ1) is 22.7. The zero-order chi connectivity index (χ0) is 24.7. The summed E-state index contributed by atoms with van der Waals surface area (Å²) < 4.78 is 21.3. The van der Waals surface area contributed by atoms with Crippen LogP contribution in [0.5, 0.6) is 5.75 Å². The van der Waals surface area contributed by atoms with Gasteiger partial charge in [-0.05, 0) is 61.9 Å². The third-order valence-electron chi connectivity index (χ3n) is 5.82. The number of thiazole rings is 1. The molecule has 1 N–H and O–H groups in total. The Labute approximate surface area is 204 Å². The van der Waals surface area contributed by atoms with Gasteiger partial charge in [-0.2, -0.15) is 0 Å². The zero-order valence-electron chi connectivity index (χ0n) is 19.0. The number of aliphatic hydroxyl groups excluding tert-OH is 1. The molecule has 0 unspecified atom stereocenters. The summed E-state index contributed by atoms with van der Waals surface area (Å²) >= 11 is 1.23. The molecule has 1 saturated heterocycles. The highest BCUT2D eigenvalue weighted by Gasteiger charge is 2.49. The zero-order valence-corrected chi connectivity index (χ0v) is 19.8. The van der Waals surface area contributed by atoms with Crippen LogP contribution in [-0.4, -0.2) is 28.4 Å². The molecule has 0 saturated carbocycles. The number of hydrogen-bond donors (Lipinski definition) is 1. The molecule has 6 nitrogen and oxygen atoms in total. The smallest absolute Gasteiger partial charge is 0.301 e. The van der Waals surface area contributed by atoms with Gasteiger partial charge >= 0.3 is 5.91 Å². The number of Topliss-reactive ketones (excluding diaryl/α,β-unsaturated/α-hetero) is 1. The molecule has 1 fully saturated rings. The highest BCUT2D eigenvalue weighted by atomic mass is 32.1. The van der Waals surface area contributed by atoms with Gasteiger partial charge < -0.3 is 9.84 Å². The van der Waals surface area contributed by atoms with Crippen LogP contribution in [0, 0.1) is 12.7 Å². The molecule has 8 heteroatoms. The van der Waals surface area contributed by atoms with Crippen LogP contribution in [0.25, 0.3) is 16.0 Å². The predicted molar refractivity (Wildman–Crippen MR) is 133 cm³/mol. The number of ketones is 1. The number of carbonyl (C=O) groups is 2. The lowest BCUT2D eigenvalue weighted by molar-refractivity contribution is -0.132. The maximum absolute atomic E-state index is 15.0. The maximum atomic E-state index is 15.0. The molecule has 1 atom stereocenters. The van der Waals surface area contributed by atoms with Crippen LogP contribution in [0.4, 0.5) is 9.52 Å². The number of benzene rings is 3. The summed E-state index contributed by atoms with van der Waals surface area (Å²) in [5.74, 6) is -2.17. The van der Waals surface area contributed by atoms with Gasteiger partial charge in [-0.25, -0.2) is 9.37 Å². The van der Waals surface area contributed by atoms with Crippen molar-refractivity contribution in [2.24, 2.45) is 0 Å². The number of fused-ring (bicyclic) bond motifs is 1. The number of aryl methyl sites for hydroxylation is 1. The summed E-state index contributed by atoms with van der Waals surface area (Å²) in [5.41, 5.74) is 1.90. The van der Waals surface area contributed by atoms with Gasteiger partial charge in [0.25, 0.3) is 5.78 Å². The maximum Gasteiger partial charge on any atom is 0.301 e. The fourth-order valence-corrected chi connectivity index (χ4v) is 5.27. The Kier molecular flexibility index (Phi) is 5.82. The molecule has 3 aromatic carbocycles. The molecular weight excluding hydrogens is 467 g/mol. The molecule has 1 aliphatic heterocycles. The van der Waals surface area contributed by atoms with Gasteiger partial charge in [-0.15, -0.1) is 0 Å². The summed E-state index contributed by atoms with van der Waals surface area (Å²) in [4.78, 5) is 32.3. The molecule has 5 rings (SSSR count). The Balaban J connectivity index is 1.70. The number of amides is 1. The second-order valence-electron chi connectivity index (χ2n) is 8.12. The van der Waals surface area contributed by atoms with Crippen molar-refractivity contribution in [3.63, 3.8) is 0 Å². The van der Waals surface area contributed by atoms with E-state index in [0.717, 1.165) is 10.3 Å². The Morgan fingerprint density at radius 3 is 2.57 bits per heavy atom. The van der Waals surface area contributed by atoms with Crippen LogP contribution in [0.3, 0.4) is 0 Å². The minimum atomic E-state index is -1.18. The first-order valence-electron chi connectivity index (χ1n) is 11.0. The summed E-state index contributed by atoms with van der Waals surface area (Å²) in [5, 5.41) is 11.4. The number of nitrogens with zero attached hydrogens (tertiary/aromatic N) is 2. The molecule has 4 aromatic rings. The Morgan fingerprint density at radius 2 is 1.86 bits per heavy atom. The average Bonchev–Trinajstić information content (AvgIpc) is 3.37. The lowest BCUT2D eigenvalue weighted by Crippen LogP contribution is -2.29. The third-order valence-corrected chi connectivity index (χ3v) is 6.84. The summed E-state index contributed by atoms with van der Waals surface area (Å²) in [6.07, 6.45) is 0. The summed E-state index contributed by atoms with van der Waals surface area (Å²) in [7, 11) is 0. The highest BCUT2D eigenvalue weighted by Crippen LogP contribution is 2.45. The topological polar surface area (TPSA) is 79.7 Å². The Hall–Kier alpha value is -4.04. The minimum Gasteiger partial charge on any atom is -0.507 e. The number of anilines is 1. The number of rotatable bonds is 5. The van der Waals surface area contributed by atoms with E-state index < -0.39 is 23.5 Å². The monoisotopic (exact) mass is 488 g/mol. The van der Waals surface area contributed by atoms with Gasteiger partial charge in [0.2, 0.25) is 0 Å². The van der Waals surface area contributed by atoms with Crippen LogP contribution in [-0.2, 0) is 9.59 Å². The van der Waals surface area contributed by atoms with Crippen LogP contribution in [0.15, 0.2) is 72.3 Å². The standard InChI is InChI=1S/C27H21FN2O4S/c1-3-34-17-11-9-16(10-12-17)24(31)22-23(18-6-4-5-7-19(18)28)30(26(33)25(22)32)27-29-20-13-8-15(2)14-21(20)35-27/h4-14,23,31H,3H2,1-2H3/b24-22+/t23-/m0/s1. The molecule has 2 heterocycles. The van der Waals surface area contributed by atoms with Crippen molar-refractivity contribution in [1.82, 2.24) is 4.98 Å². The summed E-state index contributed by atoms with van der Waals surface area (Å²) in [6, 6.07) is 16.9. The first-order valence-corrected chi connectivity index (χ1v) is 11.9. The molecule has 0 radical (unpaired) electrons. The van der Waals surface area contributed by atoms with Crippen molar-refractivity contribution in [3.8, 4) is 5.75 Å². The van der Waals surface area contributed by atoms with Gasteiger partial charge in [-0.3, -0.25) is 14.5 Å². The quantitative estimate of drug-likeness (QED) is 0.219. The number of hydrogen-bond acceptors (Lipinski definition) is 6. The van der Waals surface area contributed by atoms with Gasteiger partial charge in [0.1, 0.15) is 23.4 Å². The second-order valence-corrected chi connectivity index (χ2v) is 9.12. The molecule has 1 aliphatic rings. The molecule has 1 aromatic heterocycles. The SMILES string of the molecule is CCOc1ccc(/C(O)=C2\C(=O)C(=O)N(c3nc4ccc(C)cc4s3)[C@H]2c2ccccc2F)cc1. The minimum absolute atomic E-state index is 0.0922. The molecule has 0 spiro atoms. The predicted octanol–water partition coefficient (Wildman–Crippen LogP) is 5.77. The second kappa shape index (κ2) is 8.96. The lowest BCUT2D eigenvalue weighted by atomic mass is 9.95. The lowest BCUT2D eigenvalue weighted by Gasteiger charge is -2.23. The average molecular weight is 489 g/mol. The number of halogens is 1. The van der Waals surface area contributed by atoms with E-state index in [2.05, 4.69) is 4.98 Å². The third kappa shape index (κ3) is 3.95. The Bertz CT molecular complexity index is 1490.